The van der Waals surface area contributed by atoms with E-state index in [2.05, 4.69) is 63.8 Å². The van der Waals surface area contributed by atoms with E-state index in [0.29, 0.717) is 28.2 Å². The molecule has 1 aliphatic heterocycles. The normalized spacial score (nSPS) is 15.2. The van der Waals surface area contributed by atoms with Crippen LogP contribution < -0.4 is 11.1 Å². The Balaban J connectivity index is 1.29. The number of hydrogen-bond acceptors (Lipinski definition) is 6. The van der Waals surface area contributed by atoms with Crippen molar-refractivity contribution in [3.8, 4) is 34.2 Å². The number of fused-ring (bicyclic) bond motifs is 2. The van der Waals surface area contributed by atoms with Crippen LogP contribution in [0.4, 0.5) is 0 Å². The number of amidine groups is 1. The van der Waals surface area contributed by atoms with E-state index in [1.54, 1.807) is 0 Å². The Morgan fingerprint density at radius 1 is 0.628 bits per heavy atom. The van der Waals surface area contributed by atoms with E-state index in [-0.39, 0.29) is 11.0 Å². The zero-order chi connectivity index (χ0) is 29.3. The zero-order valence-electron chi connectivity index (χ0n) is 22.6. The van der Waals surface area contributed by atoms with Crippen LogP contribution in [0.2, 0.25) is 0 Å². The van der Waals surface area contributed by atoms with E-state index in [1.807, 2.05) is 60.7 Å². The first-order valence-corrected chi connectivity index (χ1v) is 14.3. The number of benzene rings is 5. The van der Waals surface area contributed by atoms with Gasteiger partial charge in [0, 0.05) is 28.3 Å². The van der Waals surface area contributed by atoms with Crippen molar-refractivity contribution in [2.45, 2.75) is 6.29 Å². The maximum Gasteiger partial charge on any atom is 0.218 e. The summed E-state index contributed by atoms with van der Waals surface area (Å²) in [5, 5.41) is 8.04. The van der Waals surface area contributed by atoms with Crippen LogP contribution >= 0.6 is 23.2 Å². The molecule has 208 valence electrons. The van der Waals surface area contributed by atoms with E-state index < -0.39 is 6.29 Å². The third-order valence-electron chi connectivity index (χ3n) is 7.11. The molecule has 9 heteroatoms. The molecule has 0 bridgehead atoms. The molecule has 0 spiro atoms. The fourth-order valence-corrected chi connectivity index (χ4v) is 5.39. The van der Waals surface area contributed by atoms with Gasteiger partial charge in [0.1, 0.15) is 16.2 Å². The molecule has 0 radical (unpaired) electrons. The average Bonchev–Trinajstić information content (AvgIpc) is 3.03. The summed E-state index contributed by atoms with van der Waals surface area (Å²) in [5.41, 5.74) is 9.62. The highest BCUT2D eigenvalue weighted by Crippen LogP contribution is 2.28. The summed E-state index contributed by atoms with van der Waals surface area (Å²) < 4.78 is 0. The number of nitrogens with zero attached hydrogens (tertiary/aromatic N) is 5. The molecule has 0 fully saturated rings. The van der Waals surface area contributed by atoms with Crippen molar-refractivity contribution in [1.29, 1.82) is 0 Å². The highest BCUT2D eigenvalue weighted by molar-refractivity contribution is 6.69. The van der Waals surface area contributed by atoms with E-state index in [4.69, 9.17) is 43.9 Å². The Hall–Kier alpha value is -5.11. The Morgan fingerprint density at radius 3 is 1.65 bits per heavy atom. The molecule has 5 aromatic carbocycles. The van der Waals surface area contributed by atoms with Gasteiger partial charge < -0.3 is 11.1 Å². The van der Waals surface area contributed by atoms with Crippen LogP contribution in [0.3, 0.4) is 0 Å². The van der Waals surface area contributed by atoms with Crippen LogP contribution in [0, 0.1) is 0 Å². The summed E-state index contributed by atoms with van der Waals surface area (Å²) in [6, 6.07) is 36.5. The number of rotatable bonds is 5. The van der Waals surface area contributed by atoms with Gasteiger partial charge in [-0.2, -0.15) is 0 Å². The number of allylic oxidation sites excluding steroid dienone is 1. The third kappa shape index (κ3) is 5.68. The smallest absolute Gasteiger partial charge is 0.218 e. The molecule has 0 aliphatic carbocycles. The van der Waals surface area contributed by atoms with Gasteiger partial charge in [0.2, 0.25) is 6.29 Å². The molecule has 7 nitrogen and oxygen atoms in total. The highest BCUT2D eigenvalue weighted by atomic mass is 35.5. The molecule has 0 saturated heterocycles. The number of nitrogens with two attached hydrogens (primary N) is 1. The lowest BCUT2D eigenvalue weighted by molar-refractivity contribution is 0.631. The Labute approximate surface area is 257 Å². The predicted octanol–water partition coefficient (Wildman–Crippen LogP) is 7.49. The van der Waals surface area contributed by atoms with E-state index >= 15 is 0 Å². The Kier molecular flexibility index (Phi) is 7.02. The van der Waals surface area contributed by atoms with Gasteiger partial charge in [-0.15, -0.1) is 0 Å². The van der Waals surface area contributed by atoms with E-state index in [1.165, 1.54) is 6.08 Å². The molecule has 6 aromatic rings. The highest BCUT2D eigenvalue weighted by Gasteiger charge is 2.15. The topological polar surface area (TPSA) is 101 Å². The van der Waals surface area contributed by atoms with Crippen LogP contribution in [0.1, 0.15) is 5.56 Å². The van der Waals surface area contributed by atoms with Crippen molar-refractivity contribution in [3.05, 3.63) is 126 Å². The largest absolute Gasteiger partial charge is 0.383 e. The summed E-state index contributed by atoms with van der Waals surface area (Å²) >= 11 is 12.1. The van der Waals surface area contributed by atoms with E-state index in [0.717, 1.165) is 38.2 Å². The Bertz CT molecular complexity index is 2010. The fraction of sp³-hybridized carbons (Fsp3) is 0.0294. The second kappa shape index (κ2) is 11.3. The number of aromatic nitrogens is 3. The van der Waals surface area contributed by atoms with Crippen molar-refractivity contribution >= 4 is 55.8 Å². The van der Waals surface area contributed by atoms with Crippen LogP contribution in [-0.2, 0) is 0 Å². The van der Waals surface area contributed by atoms with Crippen LogP contribution in [0.5, 0.6) is 0 Å². The minimum atomic E-state index is -0.706. The lowest BCUT2D eigenvalue weighted by atomic mass is 10.1. The number of nitrogens with one attached hydrogen (secondary N) is 1. The van der Waals surface area contributed by atoms with Crippen LogP contribution in [0.15, 0.2) is 130 Å². The predicted molar refractivity (Wildman–Crippen MR) is 176 cm³/mol. The summed E-state index contributed by atoms with van der Waals surface area (Å²) in [4.78, 5) is 23.3. The van der Waals surface area contributed by atoms with Crippen molar-refractivity contribution < 1.29 is 0 Å². The summed E-state index contributed by atoms with van der Waals surface area (Å²) in [6.45, 7) is 0. The lowest BCUT2D eigenvalue weighted by Gasteiger charge is -2.16. The molecule has 1 atom stereocenters. The zero-order valence-corrected chi connectivity index (χ0v) is 24.1. The van der Waals surface area contributed by atoms with Crippen LogP contribution in [-0.4, -0.2) is 32.2 Å². The van der Waals surface area contributed by atoms with Crippen molar-refractivity contribution in [2.24, 2.45) is 15.7 Å². The quantitative estimate of drug-likeness (QED) is 0.121. The number of halogens is 2. The molecule has 3 N–H and O–H groups in total. The molecule has 1 aliphatic rings. The maximum atomic E-state index is 6.29. The Morgan fingerprint density at radius 2 is 1.12 bits per heavy atom. The fourth-order valence-electron chi connectivity index (χ4n) is 4.93. The molecular weight excluding hydrogens is 577 g/mol. The second-order valence-corrected chi connectivity index (χ2v) is 10.8. The van der Waals surface area contributed by atoms with Gasteiger partial charge in [0.05, 0.1) is 0 Å². The van der Waals surface area contributed by atoms with Gasteiger partial charge >= 0.3 is 0 Å². The molecule has 0 amide bonds. The summed E-state index contributed by atoms with van der Waals surface area (Å²) in [5.74, 6) is 2.01. The summed E-state index contributed by atoms with van der Waals surface area (Å²) in [7, 11) is 0. The number of aliphatic imine (C=N–C) groups is 2. The number of hydrogen-bond donors (Lipinski definition) is 2. The monoisotopic (exact) mass is 599 g/mol. The molecule has 2 heterocycles. The standard InChI is InChI=1S/C34H23Cl2N7/c35-28-19-29(36)39-34(38-28)40-30(37)22-11-13-23(14-12-22)31-41-32(26-15-9-20-5-1-3-7-24(20)17-26)43-33(42-31)27-16-10-21-6-2-4-8-25(21)18-27/h1-19,34,38H,(H2,37,40). The molecule has 1 aromatic heterocycles. The first-order valence-electron chi connectivity index (χ1n) is 13.5. The minimum Gasteiger partial charge on any atom is -0.383 e. The van der Waals surface area contributed by atoms with Gasteiger partial charge in [0.15, 0.2) is 17.5 Å². The molecule has 43 heavy (non-hydrogen) atoms. The molecule has 7 rings (SSSR count). The minimum absolute atomic E-state index is 0.250. The average molecular weight is 601 g/mol. The van der Waals surface area contributed by atoms with Gasteiger partial charge in [-0.25, -0.2) is 24.9 Å². The van der Waals surface area contributed by atoms with Crippen molar-refractivity contribution in [1.82, 2.24) is 20.3 Å². The van der Waals surface area contributed by atoms with Crippen molar-refractivity contribution in [2.75, 3.05) is 0 Å². The first kappa shape index (κ1) is 26.8. The van der Waals surface area contributed by atoms with Gasteiger partial charge in [-0.05, 0) is 33.7 Å². The lowest BCUT2D eigenvalue weighted by Crippen LogP contribution is -2.30. The SMILES string of the molecule is NC(=NC1N=C(Cl)C=C(Cl)N1)c1ccc(-c2nc(-c3ccc4ccccc4c3)nc(-c3ccc4ccccc4c3)n2)cc1. The molecule has 1 unspecified atom stereocenters. The van der Waals surface area contributed by atoms with Crippen LogP contribution in [0.25, 0.3) is 55.7 Å². The first-order chi connectivity index (χ1) is 21.0. The van der Waals surface area contributed by atoms with E-state index in [9.17, 15) is 0 Å². The molecule has 0 saturated carbocycles. The van der Waals surface area contributed by atoms with Crippen molar-refractivity contribution in [3.63, 3.8) is 0 Å². The van der Waals surface area contributed by atoms with Gasteiger partial charge in [-0.1, -0.05) is 120 Å². The maximum absolute atomic E-state index is 6.29. The van der Waals surface area contributed by atoms with Gasteiger partial charge in [-0.3, -0.25) is 0 Å². The van der Waals surface area contributed by atoms with Gasteiger partial charge in [0.25, 0.3) is 0 Å². The summed E-state index contributed by atoms with van der Waals surface area (Å²) in [6.07, 6.45) is 0.801. The third-order valence-corrected chi connectivity index (χ3v) is 7.53. The molecular formula is C34H23Cl2N7. The second-order valence-electron chi connectivity index (χ2n) is 9.98.